The summed E-state index contributed by atoms with van der Waals surface area (Å²) in [5.74, 6) is 1.82. The lowest BCUT2D eigenvalue weighted by Crippen LogP contribution is -2.10. The van der Waals surface area contributed by atoms with Gasteiger partial charge in [0.1, 0.15) is 23.0 Å². The maximum Gasteiger partial charge on any atom is 0.140 e. The lowest BCUT2D eigenvalue weighted by Gasteiger charge is -2.07. The first-order valence-corrected chi connectivity index (χ1v) is 6.51. The van der Waals surface area contributed by atoms with Crippen molar-refractivity contribution < 1.29 is 4.74 Å². The number of rotatable bonds is 5. The van der Waals surface area contributed by atoms with Gasteiger partial charge in [0.05, 0.1) is 18.5 Å². The maximum absolute atomic E-state index is 5.09. The van der Waals surface area contributed by atoms with Crippen LogP contribution in [-0.4, -0.2) is 39.6 Å². The number of fused-ring (bicyclic) bond motifs is 1. The fourth-order valence-corrected chi connectivity index (χ4v) is 2.17. The summed E-state index contributed by atoms with van der Waals surface area (Å²) in [7, 11) is 1.69. The molecular formula is C14H17N5O. The summed E-state index contributed by atoms with van der Waals surface area (Å²) in [4.78, 5) is 12.1. The first-order chi connectivity index (χ1) is 9.79. The number of aromatic nitrogens is 4. The number of ether oxygens (including phenoxy) is 1. The van der Waals surface area contributed by atoms with Gasteiger partial charge in [-0.3, -0.25) is 4.40 Å². The van der Waals surface area contributed by atoms with Gasteiger partial charge in [-0.25, -0.2) is 9.97 Å². The summed E-state index contributed by atoms with van der Waals surface area (Å²) < 4.78 is 7.12. The molecule has 0 radical (unpaired) electrons. The van der Waals surface area contributed by atoms with Gasteiger partial charge in [0.2, 0.25) is 0 Å². The Morgan fingerprint density at radius 2 is 2.30 bits per heavy atom. The van der Waals surface area contributed by atoms with Crippen molar-refractivity contribution in [3.63, 3.8) is 0 Å². The van der Waals surface area contributed by atoms with Crippen molar-refractivity contribution in [3.8, 4) is 11.4 Å². The third kappa shape index (κ3) is 2.25. The van der Waals surface area contributed by atoms with Crippen LogP contribution in [0.5, 0.6) is 0 Å². The van der Waals surface area contributed by atoms with Crippen molar-refractivity contribution in [2.45, 2.75) is 6.92 Å². The van der Waals surface area contributed by atoms with E-state index in [0.29, 0.717) is 6.61 Å². The predicted octanol–water partition coefficient (Wildman–Crippen LogP) is 2.09. The van der Waals surface area contributed by atoms with E-state index >= 15 is 0 Å². The number of H-pyrrole nitrogens is 1. The molecule has 2 N–H and O–H groups in total. The predicted molar refractivity (Wildman–Crippen MR) is 77.9 cm³/mol. The molecule has 0 saturated carbocycles. The van der Waals surface area contributed by atoms with Crippen LogP contribution in [0.3, 0.4) is 0 Å². The number of aromatic amines is 1. The van der Waals surface area contributed by atoms with Gasteiger partial charge in [0.15, 0.2) is 0 Å². The topological polar surface area (TPSA) is 67.2 Å². The van der Waals surface area contributed by atoms with Gasteiger partial charge in [-0.15, -0.1) is 0 Å². The first-order valence-electron chi connectivity index (χ1n) is 6.51. The van der Waals surface area contributed by atoms with Gasteiger partial charge in [-0.2, -0.15) is 0 Å². The summed E-state index contributed by atoms with van der Waals surface area (Å²) in [6.07, 6.45) is 3.79. The van der Waals surface area contributed by atoms with E-state index < -0.39 is 0 Å². The Labute approximate surface area is 116 Å². The molecule has 0 aliphatic heterocycles. The fraction of sp³-hybridized carbons (Fsp3) is 0.286. The number of anilines is 1. The summed E-state index contributed by atoms with van der Waals surface area (Å²) >= 11 is 0. The Morgan fingerprint density at radius 1 is 1.40 bits per heavy atom. The van der Waals surface area contributed by atoms with Gasteiger partial charge >= 0.3 is 0 Å². The average Bonchev–Trinajstić information content (AvgIpc) is 3.03. The molecule has 0 amide bonds. The van der Waals surface area contributed by atoms with Crippen LogP contribution in [-0.2, 0) is 4.74 Å². The zero-order chi connectivity index (χ0) is 13.9. The second kappa shape index (κ2) is 5.34. The third-order valence-corrected chi connectivity index (χ3v) is 3.09. The van der Waals surface area contributed by atoms with Crippen molar-refractivity contribution in [2.75, 3.05) is 25.6 Å². The van der Waals surface area contributed by atoms with E-state index in [4.69, 9.17) is 4.74 Å². The highest BCUT2D eigenvalue weighted by Gasteiger charge is 2.14. The standard InChI is InChI=1S/C14H17N5O/c1-10-16-9-11(17-10)13-14(15-6-8-20-2)19-7-4-3-5-12(19)18-13/h3-5,7,9,15H,6,8H2,1-2H3,(H,16,17). The maximum atomic E-state index is 5.09. The van der Waals surface area contributed by atoms with Gasteiger partial charge in [0, 0.05) is 19.9 Å². The van der Waals surface area contributed by atoms with Crippen molar-refractivity contribution >= 4 is 11.5 Å². The van der Waals surface area contributed by atoms with Crippen LogP contribution in [0.2, 0.25) is 0 Å². The molecule has 3 rings (SSSR count). The number of aryl methyl sites for hydroxylation is 1. The SMILES string of the molecule is COCCNc1c(-c2cnc(C)[nH]2)nc2ccccn12. The van der Waals surface area contributed by atoms with Gasteiger partial charge in [-0.1, -0.05) is 6.07 Å². The normalized spacial score (nSPS) is 11.1. The number of methoxy groups -OCH3 is 1. The van der Waals surface area contributed by atoms with E-state index in [-0.39, 0.29) is 0 Å². The molecule has 3 heterocycles. The zero-order valence-electron chi connectivity index (χ0n) is 11.6. The molecule has 6 heteroatoms. The molecule has 6 nitrogen and oxygen atoms in total. The summed E-state index contributed by atoms with van der Waals surface area (Å²) in [6, 6.07) is 5.94. The van der Waals surface area contributed by atoms with Crippen LogP contribution in [0.1, 0.15) is 5.82 Å². The largest absolute Gasteiger partial charge is 0.383 e. The van der Waals surface area contributed by atoms with E-state index in [1.54, 1.807) is 13.3 Å². The molecule has 0 aliphatic carbocycles. The first kappa shape index (κ1) is 12.7. The lowest BCUT2D eigenvalue weighted by molar-refractivity contribution is 0.210. The summed E-state index contributed by atoms with van der Waals surface area (Å²) in [6.45, 7) is 3.29. The van der Waals surface area contributed by atoms with E-state index in [0.717, 1.165) is 35.2 Å². The number of imidazole rings is 2. The van der Waals surface area contributed by atoms with E-state index in [9.17, 15) is 0 Å². The molecular weight excluding hydrogens is 254 g/mol. The molecule has 3 aromatic heterocycles. The molecule has 0 bridgehead atoms. The smallest absolute Gasteiger partial charge is 0.140 e. The molecule has 0 saturated heterocycles. The lowest BCUT2D eigenvalue weighted by atomic mass is 10.3. The van der Waals surface area contributed by atoms with Crippen LogP contribution < -0.4 is 5.32 Å². The highest BCUT2D eigenvalue weighted by Crippen LogP contribution is 2.27. The molecule has 0 spiro atoms. The van der Waals surface area contributed by atoms with Crippen LogP contribution in [0.25, 0.3) is 17.0 Å². The van der Waals surface area contributed by atoms with Gasteiger partial charge < -0.3 is 15.0 Å². The third-order valence-electron chi connectivity index (χ3n) is 3.09. The van der Waals surface area contributed by atoms with Crippen LogP contribution >= 0.6 is 0 Å². The molecule has 3 aromatic rings. The fourth-order valence-electron chi connectivity index (χ4n) is 2.17. The number of nitrogens with zero attached hydrogens (tertiary/aromatic N) is 3. The second-order valence-corrected chi connectivity index (χ2v) is 4.54. The Hall–Kier alpha value is -2.34. The number of pyridine rings is 1. The van der Waals surface area contributed by atoms with Crippen LogP contribution in [0.15, 0.2) is 30.6 Å². The average molecular weight is 271 g/mol. The molecule has 104 valence electrons. The minimum Gasteiger partial charge on any atom is -0.383 e. The highest BCUT2D eigenvalue weighted by atomic mass is 16.5. The summed E-state index contributed by atoms with van der Waals surface area (Å²) in [5, 5.41) is 3.37. The van der Waals surface area contributed by atoms with Crippen LogP contribution in [0.4, 0.5) is 5.82 Å². The number of hydrogen-bond acceptors (Lipinski definition) is 4. The van der Waals surface area contributed by atoms with Crippen molar-refractivity contribution in [1.82, 2.24) is 19.4 Å². The highest BCUT2D eigenvalue weighted by molar-refractivity contribution is 5.74. The molecule has 0 aromatic carbocycles. The second-order valence-electron chi connectivity index (χ2n) is 4.54. The van der Waals surface area contributed by atoms with Crippen molar-refractivity contribution in [2.24, 2.45) is 0 Å². The van der Waals surface area contributed by atoms with Gasteiger partial charge in [0.25, 0.3) is 0 Å². The Morgan fingerprint density at radius 3 is 3.05 bits per heavy atom. The monoisotopic (exact) mass is 271 g/mol. The van der Waals surface area contributed by atoms with Gasteiger partial charge in [-0.05, 0) is 19.1 Å². The molecule has 0 unspecified atom stereocenters. The van der Waals surface area contributed by atoms with Crippen molar-refractivity contribution in [3.05, 3.63) is 36.4 Å². The van der Waals surface area contributed by atoms with Crippen LogP contribution in [0, 0.1) is 6.92 Å². The molecule has 0 fully saturated rings. The zero-order valence-corrected chi connectivity index (χ0v) is 11.6. The Balaban J connectivity index is 2.07. The van der Waals surface area contributed by atoms with E-state index in [1.807, 2.05) is 35.7 Å². The quantitative estimate of drug-likeness (QED) is 0.697. The van der Waals surface area contributed by atoms with E-state index in [1.165, 1.54) is 0 Å². The Bertz CT molecular complexity index is 715. The van der Waals surface area contributed by atoms with Crippen molar-refractivity contribution in [1.29, 1.82) is 0 Å². The summed E-state index contributed by atoms with van der Waals surface area (Å²) in [5.41, 5.74) is 2.67. The molecule has 0 atom stereocenters. The Kier molecular flexibility index (Phi) is 3.39. The minimum absolute atomic E-state index is 0.640. The molecule has 0 aliphatic rings. The van der Waals surface area contributed by atoms with E-state index in [2.05, 4.69) is 20.3 Å². The minimum atomic E-state index is 0.640. The number of hydrogen-bond donors (Lipinski definition) is 2. The number of nitrogens with one attached hydrogen (secondary N) is 2. The molecule has 20 heavy (non-hydrogen) atoms.